The standard InChI is InChI=1S/C29H32FN5O4S/c1-5-29(23-7-9-24(30)10-8-23)35-18-28(16-34(17-28)40(4,36)37)14-22(27(35)32-39-29)12-21-6-11-25(26(13-21)38-3)33-15-20(2)31-19-33/h6-13,15,19H,5,14,16-18H2,1-4H3. The van der Waals surface area contributed by atoms with E-state index in [4.69, 9.17) is 9.57 Å². The summed E-state index contributed by atoms with van der Waals surface area (Å²) in [6.45, 7) is 5.35. The van der Waals surface area contributed by atoms with E-state index in [0.717, 1.165) is 28.1 Å². The summed E-state index contributed by atoms with van der Waals surface area (Å²) in [5, 5.41) is 4.57. The van der Waals surface area contributed by atoms with Gasteiger partial charge in [-0.05, 0) is 54.8 Å². The van der Waals surface area contributed by atoms with Gasteiger partial charge < -0.3 is 19.0 Å². The maximum absolute atomic E-state index is 13.8. The lowest BCUT2D eigenvalue weighted by molar-refractivity contribution is -0.128. The molecule has 0 bridgehead atoms. The van der Waals surface area contributed by atoms with Crippen molar-refractivity contribution in [1.82, 2.24) is 18.8 Å². The van der Waals surface area contributed by atoms with Crippen LogP contribution in [0.5, 0.6) is 5.75 Å². The lowest BCUT2D eigenvalue weighted by Gasteiger charge is -2.55. The second-order valence-electron chi connectivity index (χ2n) is 11.0. The van der Waals surface area contributed by atoms with E-state index >= 15 is 0 Å². The molecule has 9 nitrogen and oxygen atoms in total. The Morgan fingerprint density at radius 3 is 2.52 bits per heavy atom. The number of ether oxygens (including phenoxy) is 1. The monoisotopic (exact) mass is 565 g/mol. The molecule has 2 aromatic carbocycles. The van der Waals surface area contributed by atoms with E-state index in [1.165, 1.54) is 22.7 Å². The Morgan fingerprint density at radius 2 is 1.90 bits per heavy atom. The van der Waals surface area contributed by atoms with Crippen LogP contribution in [0.4, 0.5) is 4.39 Å². The van der Waals surface area contributed by atoms with Gasteiger partial charge in [-0.3, -0.25) is 0 Å². The summed E-state index contributed by atoms with van der Waals surface area (Å²) >= 11 is 0. The molecule has 0 amide bonds. The number of oxime groups is 1. The summed E-state index contributed by atoms with van der Waals surface area (Å²) in [6.07, 6.45) is 8.22. The third-order valence-corrected chi connectivity index (χ3v) is 9.32. The molecule has 1 unspecified atom stereocenters. The van der Waals surface area contributed by atoms with Gasteiger partial charge in [0.15, 0.2) is 5.84 Å². The lowest BCUT2D eigenvalue weighted by atomic mass is 9.71. The third-order valence-electron chi connectivity index (χ3n) is 8.12. The highest BCUT2D eigenvalue weighted by atomic mass is 32.2. The normalized spacial score (nSPS) is 23.1. The van der Waals surface area contributed by atoms with Crippen LogP contribution in [0.2, 0.25) is 0 Å². The first-order valence-electron chi connectivity index (χ1n) is 13.2. The molecule has 4 heterocycles. The number of fused-ring (bicyclic) bond motifs is 1. The molecule has 3 aliphatic heterocycles. The van der Waals surface area contributed by atoms with E-state index in [0.29, 0.717) is 44.1 Å². The number of nitrogens with zero attached hydrogens (tertiary/aromatic N) is 5. The van der Waals surface area contributed by atoms with Gasteiger partial charge in [0.1, 0.15) is 11.6 Å². The summed E-state index contributed by atoms with van der Waals surface area (Å²) < 4.78 is 47.5. The number of hydrogen-bond donors (Lipinski definition) is 0. The number of rotatable bonds is 6. The fourth-order valence-corrected chi connectivity index (χ4v) is 7.11. The van der Waals surface area contributed by atoms with Crippen molar-refractivity contribution in [1.29, 1.82) is 0 Å². The largest absolute Gasteiger partial charge is 0.495 e. The number of halogens is 1. The maximum atomic E-state index is 13.8. The van der Waals surface area contributed by atoms with Crippen molar-refractivity contribution in [2.45, 2.75) is 32.4 Å². The topological polar surface area (TPSA) is 89.3 Å². The first kappa shape index (κ1) is 26.5. The Bertz CT molecular complexity index is 1630. The third kappa shape index (κ3) is 4.37. The van der Waals surface area contributed by atoms with Crippen molar-refractivity contribution in [3.63, 3.8) is 0 Å². The van der Waals surface area contributed by atoms with Crippen LogP contribution < -0.4 is 4.74 Å². The molecular weight excluding hydrogens is 533 g/mol. The van der Waals surface area contributed by atoms with Crippen molar-refractivity contribution in [2.75, 3.05) is 33.0 Å². The summed E-state index contributed by atoms with van der Waals surface area (Å²) in [6, 6.07) is 12.3. The number of methoxy groups -OCH3 is 1. The molecule has 3 aromatic rings. The Labute approximate surface area is 233 Å². The highest BCUT2D eigenvalue weighted by Crippen LogP contribution is 2.50. The average Bonchev–Trinajstić information content (AvgIpc) is 3.51. The smallest absolute Gasteiger partial charge is 0.237 e. The van der Waals surface area contributed by atoms with E-state index in [2.05, 4.69) is 21.1 Å². The number of aryl methyl sites for hydroxylation is 1. The molecule has 40 heavy (non-hydrogen) atoms. The molecule has 1 atom stereocenters. The van der Waals surface area contributed by atoms with E-state index in [1.54, 1.807) is 25.6 Å². The van der Waals surface area contributed by atoms with Crippen LogP contribution in [-0.2, 0) is 20.6 Å². The molecule has 2 saturated heterocycles. The number of hydrogen-bond acceptors (Lipinski definition) is 7. The van der Waals surface area contributed by atoms with E-state index in [1.807, 2.05) is 42.8 Å². The molecule has 2 fully saturated rings. The van der Waals surface area contributed by atoms with Crippen molar-refractivity contribution in [3.05, 3.63) is 83.2 Å². The number of imidazole rings is 1. The number of amidine groups is 1. The van der Waals surface area contributed by atoms with Crippen molar-refractivity contribution in [2.24, 2.45) is 10.6 Å². The van der Waals surface area contributed by atoms with Crippen molar-refractivity contribution < 1.29 is 22.4 Å². The van der Waals surface area contributed by atoms with E-state index in [-0.39, 0.29) is 11.2 Å². The van der Waals surface area contributed by atoms with Gasteiger partial charge in [0.25, 0.3) is 0 Å². The Hall–Kier alpha value is -3.70. The molecule has 1 spiro atoms. The number of piperidine rings is 1. The van der Waals surface area contributed by atoms with Gasteiger partial charge in [0.2, 0.25) is 15.7 Å². The first-order valence-corrected chi connectivity index (χ1v) is 15.1. The Morgan fingerprint density at radius 1 is 1.15 bits per heavy atom. The lowest BCUT2D eigenvalue weighted by Crippen LogP contribution is -2.66. The van der Waals surface area contributed by atoms with Gasteiger partial charge in [-0.2, -0.15) is 0 Å². The number of aromatic nitrogens is 2. The van der Waals surface area contributed by atoms with Crippen LogP contribution in [0.1, 0.15) is 36.6 Å². The minimum atomic E-state index is -3.30. The molecule has 0 aliphatic carbocycles. The van der Waals surface area contributed by atoms with E-state index in [9.17, 15) is 12.8 Å². The second-order valence-corrected chi connectivity index (χ2v) is 13.0. The Balaban J connectivity index is 1.41. The zero-order valence-electron chi connectivity index (χ0n) is 23.0. The minimum Gasteiger partial charge on any atom is -0.495 e. The summed E-state index contributed by atoms with van der Waals surface area (Å²) in [7, 11) is -1.66. The van der Waals surface area contributed by atoms with Gasteiger partial charge in [-0.1, -0.05) is 30.3 Å². The molecular formula is C29H32FN5O4S. The molecule has 11 heteroatoms. The highest BCUT2D eigenvalue weighted by Gasteiger charge is 2.58. The second kappa shape index (κ2) is 9.45. The van der Waals surface area contributed by atoms with Crippen LogP contribution >= 0.6 is 0 Å². The van der Waals surface area contributed by atoms with Crippen LogP contribution in [0.25, 0.3) is 11.8 Å². The van der Waals surface area contributed by atoms with E-state index < -0.39 is 15.7 Å². The molecule has 1 aromatic heterocycles. The maximum Gasteiger partial charge on any atom is 0.237 e. The molecule has 0 N–H and O–H groups in total. The van der Waals surface area contributed by atoms with Gasteiger partial charge in [0, 0.05) is 43.2 Å². The summed E-state index contributed by atoms with van der Waals surface area (Å²) in [4.78, 5) is 12.6. The predicted molar refractivity (Wildman–Crippen MR) is 150 cm³/mol. The molecule has 3 aliphatic rings. The zero-order chi connectivity index (χ0) is 28.3. The average molecular weight is 566 g/mol. The Kier molecular flexibility index (Phi) is 6.26. The fourth-order valence-electron chi connectivity index (χ4n) is 6.09. The fraction of sp³-hybridized carbons (Fsp3) is 0.379. The highest BCUT2D eigenvalue weighted by molar-refractivity contribution is 7.88. The van der Waals surface area contributed by atoms with Crippen LogP contribution in [-0.4, -0.2) is 66.0 Å². The predicted octanol–water partition coefficient (Wildman–Crippen LogP) is 4.29. The van der Waals surface area contributed by atoms with Crippen LogP contribution in [0.3, 0.4) is 0 Å². The number of benzene rings is 2. The van der Waals surface area contributed by atoms with Crippen molar-refractivity contribution in [3.8, 4) is 11.4 Å². The molecule has 210 valence electrons. The van der Waals surface area contributed by atoms with Crippen LogP contribution in [0.15, 0.2) is 65.7 Å². The molecule has 0 saturated carbocycles. The SMILES string of the molecule is CCC1(c2ccc(F)cc2)ON=C2C(=Cc3ccc(-n4cnc(C)c4)c(OC)c3)CC3(CN21)CN(S(C)(=O)=O)C3. The molecule has 6 rings (SSSR count). The number of sulfonamides is 1. The van der Waals surface area contributed by atoms with Gasteiger partial charge in [-0.25, -0.2) is 22.1 Å². The molecule has 0 radical (unpaired) electrons. The quantitative estimate of drug-likeness (QED) is 0.443. The zero-order valence-corrected chi connectivity index (χ0v) is 23.8. The van der Waals surface area contributed by atoms with Gasteiger partial charge in [0.05, 0.1) is 31.1 Å². The first-order chi connectivity index (χ1) is 19.1. The summed E-state index contributed by atoms with van der Waals surface area (Å²) in [5.41, 5.74) is 3.23. The van der Waals surface area contributed by atoms with Gasteiger partial charge in [-0.15, -0.1) is 0 Å². The van der Waals surface area contributed by atoms with Gasteiger partial charge >= 0.3 is 0 Å². The van der Waals surface area contributed by atoms with Crippen molar-refractivity contribution >= 4 is 21.9 Å². The minimum absolute atomic E-state index is 0.305. The summed E-state index contributed by atoms with van der Waals surface area (Å²) in [5.74, 6) is 1.08. The van der Waals surface area contributed by atoms with Crippen LogP contribution in [0, 0.1) is 18.2 Å².